The molecule has 34 heavy (non-hydrogen) atoms. The minimum absolute atomic E-state index is 0.0778. The zero-order valence-electron chi connectivity index (χ0n) is 18.7. The van der Waals surface area contributed by atoms with E-state index in [9.17, 15) is 28.4 Å². The topological polar surface area (TPSA) is 146 Å². The standard InChI is InChI=1S/C22H25ClFN5O5/c1-10-3-11(17(31)27-10)4-14(15(30)19(33)25-2)28-18(32)13-5-12(23)6-26-16(13)29-20(34)21-7-22(24,8-21)9-21/h5-6,10-11,14H,3-4,7-9H2,1-2H3,(H,25,33)(H,27,31)(H,28,32)(H,26,29,34)/t10-,11+,14+,21?,22?/m1/s1. The number of anilines is 1. The van der Waals surface area contributed by atoms with Gasteiger partial charge in [-0.25, -0.2) is 9.37 Å². The number of amides is 4. The van der Waals surface area contributed by atoms with E-state index in [2.05, 4.69) is 26.3 Å². The molecular formula is C22H25ClFN5O5. The number of alkyl halides is 1. The van der Waals surface area contributed by atoms with Crippen LogP contribution in [-0.4, -0.2) is 59.2 Å². The molecule has 4 amide bonds. The average Bonchev–Trinajstić information content (AvgIpc) is 3.06. The van der Waals surface area contributed by atoms with Gasteiger partial charge in [0, 0.05) is 25.2 Å². The number of hydrogen-bond donors (Lipinski definition) is 4. The molecule has 3 saturated carbocycles. The van der Waals surface area contributed by atoms with E-state index in [-0.39, 0.29) is 54.0 Å². The van der Waals surface area contributed by atoms with Crippen LogP contribution < -0.4 is 21.3 Å². The van der Waals surface area contributed by atoms with E-state index >= 15 is 0 Å². The third-order valence-corrected chi connectivity index (χ3v) is 6.98. The van der Waals surface area contributed by atoms with Crippen LogP contribution in [-0.2, 0) is 19.2 Å². The Morgan fingerprint density at radius 1 is 1.29 bits per heavy atom. The zero-order valence-corrected chi connectivity index (χ0v) is 19.4. The molecule has 1 saturated heterocycles. The molecule has 1 aromatic rings. The van der Waals surface area contributed by atoms with Gasteiger partial charge in [-0.05, 0) is 45.1 Å². The summed E-state index contributed by atoms with van der Waals surface area (Å²) in [7, 11) is 1.28. The third-order valence-electron chi connectivity index (χ3n) is 6.77. The van der Waals surface area contributed by atoms with Crippen molar-refractivity contribution < 1.29 is 28.4 Å². The number of Topliss-reactive ketones (excluding diaryl/α,β-unsaturated/α-hetero) is 1. The SMILES string of the molecule is CNC(=O)C(=O)[C@H](C[C@@H]1C[C@@H](C)NC1=O)NC(=O)c1cc(Cl)cnc1NC(=O)C12CC(F)(C1)C2. The summed E-state index contributed by atoms with van der Waals surface area (Å²) in [4.78, 5) is 66.7. The first-order valence-electron chi connectivity index (χ1n) is 11.0. The Morgan fingerprint density at radius 2 is 1.97 bits per heavy atom. The Kier molecular flexibility index (Phi) is 6.09. The number of pyridine rings is 1. The quantitative estimate of drug-likeness (QED) is 0.396. The van der Waals surface area contributed by atoms with Gasteiger partial charge in [-0.3, -0.25) is 24.0 Å². The minimum Gasteiger partial charge on any atom is -0.353 e. The van der Waals surface area contributed by atoms with Crippen molar-refractivity contribution in [1.29, 1.82) is 0 Å². The van der Waals surface area contributed by atoms with Gasteiger partial charge in [0.15, 0.2) is 0 Å². The van der Waals surface area contributed by atoms with E-state index in [1.54, 1.807) is 0 Å². The summed E-state index contributed by atoms with van der Waals surface area (Å²) >= 11 is 6.01. The molecule has 0 aromatic carbocycles. The smallest absolute Gasteiger partial charge is 0.289 e. The van der Waals surface area contributed by atoms with Gasteiger partial charge in [-0.2, -0.15) is 0 Å². The molecule has 1 aliphatic heterocycles. The molecule has 12 heteroatoms. The van der Waals surface area contributed by atoms with E-state index < -0.39 is 46.5 Å². The highest BCUT2D eigenvalue weighted by Gasteiger charge is 2.72. The number of nitrogens with zero attached hydrogens (tertiary/aromatic N) is 1. The number of carbonyl (C=O) groups is 5. The minimum atomic E-state index is -1.29. The summed E-state index contributed by atoms with van der Waals surface area (Å²) in [6.45, 7) is 1.81. The summed E-state index contributed by atoms with van der Waals surface area (Å²) in [6.07, 6.45) is 2.00. The summed E-state index contributed by atoms with van der Waals surface area (Å²) in [5.41, 5.74) is -2.20. The van der Waals surface area contributed by atoms with E-state index in [0.29, 0.717) is 6.42 Å². The highest BCUT2D eigenvalue weighted by Crippen LogP contribution is 2.69. The number of rotatable bonds is 8. The molecule has 2 heterocycles. The fraction of sp³-hybridized carbons (Fsp3) is 0.545. The number of ketones is 1. The van der Waals surface area contributed by atoms with Crippen LogP contribution in [0.25, 0.3) is 0 Å². The van der Waals surface area contributed by atoms with Crippen molar-refractivity contribution in [3.05, 3.63) is 22.8 Å². The molecular weight excluding hydrogens is 469 g/mol. The molecule has 1 aromatic heterocycles. The van der Waals surface area contributed by atoms with Crippen LogP contribution in [0.5, 0.6) is 0 Å². The molecule has 3 atom stereocenters. The van der Waals surface area contributed by atoms with Gasteiger partial charge in [-0.1, -0.05) is 11.6 Å². The van der Waals surface area contributed by atoms with Crippen LogP contribution in [0.15, 0.2) is 12.3 Å². The summed E-state index contributed by atoms with van der Waals surface area (Å²) in [5.74, 6) is -4.00. The Balaban J connectivity index is 1.53. The van der Waals surface area contributed by atoms with Crippen LogP contribution >= 0.6 is 11.6 Å². The monoisotopic (exact) mass is 493 g/mol. The van der Waals surface area contributed by atoms with Crippen LogP contribution in [0.2, 0.25) is 5.02 Å². The normalized spacial score (nSPS) is 29.7. The first-order chi connectivity index (χ1) is 15.9. The van der Waals surface area contributed by atoms with Crippen molar-refractivity contribution in [1.82, 2.24) is 20.9 Å². The maximum atomic E-state index is 13.8. The van der Waals surface area contributed by atoms with Gasteiger partial charge in [-0.15, -0.1) is 0 Å². The summed E-state index contributed by atoms with van der Waals surface area (Å²) in [6, 6.07) is -0.118. The Labute approximate surface area is 199 Å². The van der Waals surface area contributed by atoms with Crippen LogP contribution in [0.4, 0.5) is 10.2 Å². The summed E-state index contributed by atoms with van der Waals surface area (Å²) < 4.78 is 13.8. The zero-order chi connectivity index (χ0) is 24.8. The molecule has 2 bridgehead atoms. The van der Waals surface area contributed by atoms with Crippen molar-refractivity contribution in [2.45, 2.75) is 56.8 Å². The van der Waals surface area contributed by atoms with E-state index in [4.69, 9.17) is 11.6 Å². The highest BCUT2D eigenvalue weighted by atomic mass is 35.5. The first-order valence-corrected chi connectivity index (χ1v) is 11.4. The van der Waals surface area contributed by atoms with Gasteiger partial charge in [0.1, 0.15) is 11.5 Å². The second-order valence-electron chi connectivity index (χ2n) is 9.51. The average molecular weight is 494 g/mol. The van der Waals surface area contributed by atoms with Gasteiger partial charge < -0.3 is 21.3 Å². The van der Waals surface area contributed by atoms with Crippen molar-refractivity contribution in [2.75, 3.05) is 12.4 Å². The lowest BCUT2D eigenvalue weighted by atomic mass is 9.42. The van der Waals surface area contributed by atoms with E-state index in [0.717, 1.165) is 0 Å². The highest BCUT2D eigenvalue weighted by molar-refractivity contribution is 6.38. The van der Waals surface area contributed by atoms with Crippen molar-refractivity contribution in [3.63, 3.8) is 0 Å². The molecule has 3 aliphatic carbocycles. The molecule has 0 radical (unpaired) electrons. The number of hydrogen-bond acceptors (Lipinski definition) is 6. The second kappa shape index (κ2) is 8.61. The Hall–Kier alpha value is -3.08. The number of nitrogens with one attached hydrogen (secondary N) is 4. The molecule has 0 unspecified atom stereocenters. The molecule has 182 valence electrons. The molecule has 4 aliphatic rings. The molecule has 4 fully saturated rings. The predicted octanol–water partition coefficient (Wildman–Crippen LogP) is 0.894. The fourth-order valence-corrected chi connectivity index (χ4v) is 5.21. The van der Waals surface area contributed by atoms with E-state index in [1.807, 2.05) is 6.92 Å². The Bertz CT molecular complexity index is 1080. The lowest BCUT2D eigenvalue weighted by Gasteiger charge is -2.64. The first kappa shape index (κ1) is 24.1. The summed E-state index contributed by atoms with van der Waals surface area (Å²) in [5, 5.41) is 10.1. The van der Waals surface area contributed by atoms with Crippen LogP contribution in [0, 0.1) is 11.3 Å². The fourth-order valence-electron chi connectivity index (χ4n) is 5.05. The molecule has 4 N–H and O–H groups in total. The number of carbonyl (C=O) groups excluding carboxylic acids is 5. The van der Waals surface area contributed by atoms with Gasteiger partial charge >= 0.3 is 0 Å². The molecule has 5 rings (SSSR count). The van der Waals surface area contributed by atoms with Crippen LogP contribution in [0.1, 0.15) is 49.4 Å². The maximum absolute atomic E-state index is 13.8. The Morgan fingerprint density at radius 3 is 2.53 bits per heavy atom. The molecule has 10 nitrogen and oxygen atoms in total. The lowest BCUT2D eigenvalue weighted by molar-refractivity contribution is -0.209. The largest absolute Gasteiger partial charge is 0.353 e. The van der Waals surface area contributed by atoms with Crippen molar-refractivity contribution >= 4 is 46.8 Å². The van der Waals surface area contributed by atoms with E-state index in [1.165, 1.54) is 19.3 Å². The third kappa shape index (κ3) is 4.36. The molecule has 0 spiro atoms. The van der Waals surface area contributed by atoms with Gasteiger partial charge in [0.05, 0.1) is 22.0 Å². The number of likely N-dealkylation sites (N-methyl/N-ethyl adjacent to an activating group) is 1. The predicted molar refractivity (Wildman–Crippen MR) is 119 cm³/mol. The lowest BCUT2D eigenvalue weighted by Crippen LogP contribution is -2.69. The number of aromatic nitrogens is 1. The second-order valence-corrected chi connectivity index (χ2v) is 9.95. The van der Waals surface area contributed by atoms with Crippen molar-refractivity contribution in [3.8, 4) is 0 Å². The van der Waals surface area contributed by atoms with Gasteiger partial charge in [0.2, 0.25) is 17.6 Å². The van der Waals surface area contributed by atoms with Crippen LogP contribution in [0.3, 0.4) is 0 Å². The van der Waals surface area contributed by atoms with Gasteiger partial charge in [0.25, 0.3) is 11.8 Å². The number of halogens is 2. The van der Waals surface area contributed by atoms with Crippen molar-refractivity contribution in [2.24, 2.45) is 11.3 Å². The maximum Gasteiger partial charge on any atom is 0.289 e.